The first kappa shape index (κ1) is 12.9. The van der Waals surface area contributed by atoms with Gasteiger partial charge in [0.15, 0.2) is 0 Å². The number of nitrogens with two attached hydrogens (primary N) is 1. The number of ether oxygens (including phenoxy) is 1. The monoisotopic (exact) mass is 262 g/mol. The Morgan fingerprint density at radius 1 is 1.39 bits per heavy atom. The zero-order chi connectivity index (χ0) is 13.0. The molecule has 2 rings (SSSR count). The molecule has 1 aromatic carbocycles. The summed E-state index contributed by atoms with van der Waals surface area (Å²) in [5, 5.41) is 3.19. The summed E-state index contributed by atoms with van der Waals surface area (Å²) in [6.45, 7) is 4.79. The van der Waals surface area contributed by atoms with Gasteiger partial charge in [-0.1, -0.05) is 13.0 Å². The Labute approximate surface area is 112 Å². The lowest BCUT2D eigenvalue weighted by atomic mass is 10.1. The number of hydrogen-bond acceptors (Lipinski definition) is 4. The van der Waals surface area contributed by atoms with Gasteiger partial charge in [-0.15, -0.1) is 11.3 Å². The van der Waals surface area contributed by atoms with Crippen LogP contribution in [-0.2, 0) is 6.42 Å². The molecule has 0 aliphatic heterocycles. The van der Waals surface area contributed by atoms with Crippen LogP contribution in [0.1, 0.15) is 29.6 Å². The van der Waals surface area contributed by atoms with E-state index in [0.717, 1.165) is 29.3 Å². The molecule has 0 fully saturated rings. The molecule has 0 aliphatic carbocycles. The molecule has 0 radical (unpaired) electrons. The molecule has 0 spiro atoms. The lowest BCUT2D eigenvalue weighted by Crippen LogP contribution is -2.00. The molecule has 0 unspecified atom stereocenters. The summed E-state index contributed by atoms with van der Waals surface area (Å²) in [6, 6.07) is 5.97. The number of nitrogen functional groups attached to an aromatic ring is 1. The fraction of sp³-hybridized carbons (Fsp3) is 0.357. The second-order valence-electron chi connectivity index (χ2n) is 4.28. The Hall–Kier alpha value is -1.55. The van der Waals surface area contributed by atoms with E-state index in [1.807, 2.05) is 19.1 Å². The third-order valence-electron chi connectivity index (χ3n) is 2.56. The molecular formula is C14H18N2OS. The van der Waals surface area contributed by atoms with E-state index in [1.54, 1.807) is 11.3 Å². The minimum Gasteiger partial charge on any atom is -0.491 e. The molecular weight excluding hydrogens is 244 g/mol. The van der Waals surface area contributed by atoms with Crippen LogP contribution in [0.25, 0.3) is 0 Å². The third-order valence-corrected chi connectivity index (χ3v) is 3.52. The van der Waals surface area contributed by atoms with Gasteiger partial charge >= 0.3 is 0 Å². The van der Waals surface area contributed by atoms with E-state index < -0.39 is 0 Å². The highest BCUT2D eigenvalue weighted by atomic mass is 32.1. The summed E-state index contributed by atoms with van der Waals surface area (Å²) in [5.41, 5.74) is 8.93. The molecule has 0 bridgehead atoms. The lowest BCUT2D eigenvalue weighted by Gasteiger charge is -2.09. The van der Waals surface area contributed by atoms with Crippen LogP contribution < -0.4 is 10.5 Å². The topological polar surface area (TPSA) is 48.1 Å². The van der Waals surface area contributed by atoms with Crippen molar-refractivity contribution in [3.8, 4) is 5.75 Å². The standard InChI is InChI=1S/C14H18N2OS/c1-3-6-17-13-5-4-11(7-12(13)15)8-14-16-10(2)9-18-14/h4-5,7,9H,3,6,8,15H2,1-2H3. The average molecular weight is 262 g/mol. The number of aryl methyl sites for hydroxylation is 1. The van der Waals surface area contributed by atoms with Crippen molar-refractivity contribution in [2.75, 3.05) is 12.3 Å². The maximum absolute atomic E-state index is 5.98. The Kier molecular flexibility index (Phi) is 4.20. The summed E-state index contributed by atoms with van der Waals surface area (Å²) in [5.74, 6) is 0.774. The highest BCUT2D eigenvalue weighted by Crippen LogP contribution is 2.24. The quantitative estimate of drug-likeness (QED) is 0.840. The number of hydrogen-bond donors (Lipinski definition) is 1. The van der Waals surface area contributed by atoms with Gasteiger partial charge in [-0.05, 0) is 31.0 Å². The minimum atomic E-state index is 0.703. The number of aromatic nitrogens is 1. The van der Waals surface area contributed by atoms with Gasteiger partial charge in [-0.25, -0.2) is 4.98 Å². The average Bonchev–Trinajstić information content (AvgIpc) is 2.74. The predicted molar refractivity (Wildman–Crippen MR) is 76.3 cm³/mol. The first-order valence-corrected chi connectivity index (χ1v) is 6.99. The first-order chi connectivity index (χ1) is 8.69. The van der Waals surface area contributed by atoms with Crippen molar-refractivity contribution in [3.05, 3.63) is 39.8 Å². The fourth-order valence-corrected chi connectivity index (χ4v) is 2.52. The molecule has 0 saturated carbocycles. The molecule has 0 saturated heterocycles. The SMILES string of the molecule is CCCOc1ccc(Cc2nc(C)cs2)cc1N. The predicted octanol–water partition coefficient (Wildman–Crippen LogP) is 3.41. The molecule has 1 heterocycles. The Morgan fingerprint density at radius 2 is 2.22 bits per heavy atom. The zero-order valence-electron chi connectivity index (χ0n) is 10.8. The summed E-state index contributed by atoms with van der Waals surface area (Å²) in [6.07, 6.45) is 1.82. The highest BCUT2D eigenvalue weighted by Gasteiger charge is 2.05. The Morgan fingerprint density at radius 3 is 2.83 bits per heavy atom. The van der Waals surface area contributed by atoms with Gasteiger partial charge in [0.25, 0.3) is 0 Å². The molecule has 0 amide bonds. The zero-order valence-corrected chi connectivity index (χ0v) is 11.6. The maximum Gasteiger partial charge on any atom is 0.142 e. The van der Waals surface area contributed by atoms with Crippen molar-refractivity contribution in [2.24, 2.45) is 0 Å². The number of thiazole rings is 1. The van der Waals surface area contributed by atoms with Crippen LogP contribution in [0, 0.1) is 6.92 Å². The van der Waals surface area contributed by atoms with Gasteiger partial charge in [0, 0.05) is 17.5 Å². The van der Waals surface area contributed by atoms with Gasteiger partial charge in [-0.3, -0.25) is 0 Å². The van der Waals surface area contributed by atoms with Crippen LogP contribution in [0.4, 0.5) is 5.69 Å². The van der Waals surface area contributed by atoms with E-state index in [1.165, 1.54) is 5.56 Å². The van der Waals surface area contributed by atoms with Crippen molar-refractivity contribution in [3.63, 3.8) is 0 Å². The molecule has 2 N–H and O–H groups in total. The molecule has 0 aliphatic rings. The van der Waals surface area contributed by atoms with Gasteiger partial charge < -0.3 is 10.5 Å². The van der Waals surface area contributed by atoms with Crippen LogP contribution in [0.5, 0.6) is 5.75 Å². The first-order valence-electron chi connectivity index (χ1n) is 6.11. The molecule has 2 aromatic rings. The smallest absolute Gasteiger partial charge is 0.142 e. The van der Waals surface area contributed by atoms with Crippen LogP contribution in [0.3, 0.4) is 0 Å². The number of anilines is 1. The minimum absolute atomic E-state index is 0.703. The van der Waals surface area contributed by atoms with Crippen LogP contribution >= 0.6 is 11.3 Å². The molecule has 0 atom stereocenters. The normalized spacial score (nSPS) is 10.6. The van der Waals surface area contributed by atoms with E-state index >= 15 is 0 Å². The van der Waals surface area contributed by atoms with Crippen molar-refractivity contribution in [2.45, 2.75) is 26.7 Å². The summed E-state index contributed by atoms with van der Waals surface area (Å²) >= 11 is 1.69. The Balaban J connectivity index is 2.08. The second kappa shape index (κ2) is 5.87. The number of rotatable bonds is 5. The van der Waals surface area contributed by atoms with Crippen molar-refractivity contribution >= 4 is 17.0 Å². The maximum atomic E-state index is 5.98. The lowest BCUT2D eigenvalue weighted by molar-refractivity contribution is 0.319. The number of benzene rings is 1. The molecule has 96 valence electrons. The van der Waals surface area contributed by atoms with Gasteiger partial charge in [0.05, 0.1) is 17.3 Å². The van der Waals surface area contributed by atoms with E-state index in [2.05, 4.69) is 23.4 Å². The highest BCUT2D eigenvalue weighted by molar-refractivity contribution is 7.09. The number of nitrogens with zero attached hydrogens (tertiary/aromatic N) is 1. The fourth-order valence-electron chi connectivity index (χ4n) is 1.71. The molecule has 3 nitrogen and oxygen atoms in total. The Bertz CT molecular complexity index is 522. The van der Waals surface area contributed by atoms with Gasteiger partial charge in [-0.2, -0.15) is 0 Å². The van der Waals surface area contributed by atoms with Gasteiger partial charge in [0.1, 0.15) is 5.75 Å². The van der Waals surface area contributed by atoms with Crippen molar-refractivity contribution in [1.29, 1.82) is 0 Å². The van der Waals surface area contributed by atoms with E-state index in [9.17, 15) is 0 Å². The van der Waals surface area contributed by atoms with E-state index in [4.69, 9.17) is 10.5 Å². The van der Waals surface area contributed by atoms with Crippen LogP contribution in [0.15, 0.2) is 23.6 Å². The van der Waals surface area contributed by atoms with Crippen molar-refractivity contribution in [1.82, 2.24) is 4.98 Å². The van der Waals surface area contributed by atoms with Crippen LogP contribution in [0.2, 0.25) is 0 Å². The van der Waals surface area contributed by atoms with E-state index in [0.29, 0.717) is 12.3 Å². The summed E-state index contributed by atoms with van der Waals surface area (Å²) in [4.78, 5) is 4.45. The molecule has 1 aromatic heterocycles. The molecule has 18 heavy (non-hydrogen) atoms. The third kappa shape index (κ3) is 3.23. The van der Waals surface area contributed by atoms with Crippen LogP contribution in [-0.4, -0.2) is 11.6 Å². The summed E-state index contributed by atoms with van der Waals surface area (Å²) in [7, 11) is 0. The largest absolute Gasteiger partial charge is 0.491 e. The summed E-state index contributed by atoms with van der Waals surface area (Å²) < 4.78 is 5.56. The second-order valence-corrected chi connectivity index (χ2v) is 5.22. The van der Waals surface area contributed by atoms with Gasteiger partial charge in [0.2, 0.25) is 0 Å². The molecule has 4 heteroatoms. The van der Waals surface area contributed by atoms with E-state index in [-0.39, 0.29) is 0 Å². The van der Waals surface area contributed by atoms with Crippen molar-refractivity contribution < 1.29 is 4.74 Å².